The summed E-state index contributed by atoms with van der Waals surface area (Å²) in [6.07, 6.45) is 0. The minimum Gasteiger partial charge on any atom is -0.390 e. The molecule has 0 radical (unpaired) electrons. The van der Waals surface area contributed by atoms with Crippen LogP contribution in [0.1, 0.15) is 0 Å². The summed E-state index contributed by atoms with van der Waals surface area (Å²) in [6, 6.07) is 1.72. The van der Waals surface area contributed by atoms with Gasteiger partial charge >= 0.3 is 0 Å². The molecule has 0 bridgehead atoms. The number of nitrogens with one attached hydrogen (secondary N) is 2. The van der Waals surface area contributed by atoms with E-state index in [4.69, 9.17) is 10.9 Å². The highest BCUT2D eigenvalue weighted by atomic mass is 32.1. The van der Waals surface area contributed by atoms with Crippen LogP contribution in [0.3, 0.4) is 0 Å². The van der Waals surface area contributed by atoms with E-state index in [-0.39, 0.29) is 11.8 Å². The molecular weight excluding hydrogens is 264 g/mol. The lowest BCUT2D eigenvalue weighted by atomic mass is 10.3. The number of hydrogen-bond acceptors (Lipinski definition) is 7. The zero-order chi connectivity index (χ0) is 13.2. The molecule has 6 nitrogen and oxygen atoms in total. The largest absolute Gasteiger partial charge is 0.390 e. The van der Waals surface area contributed by atoms with Gasteiger partial charge in [0.05, 0.1) is 11.9 Å². The number of alkyl halides is 2. The summed E-state index contributed by atoms with van der Waals surface area (Å²) in [5, 5.41) is 13.4. The van der Waals surface area contributed by atoms with E-state index in [1.807, 2.05) is 0 Å². The molecule has 0 fully saturated rings. The van der Waals surface area contributed by atoms with Crippen molar-refractivity contribution in [3.63, 3.8) is 0 Å². The molecule has 0 aliphatic heterocycles. The monoisotopic (exact) mass is 275 g/mol. The predicted octanol–water partition coefficient (Wildman–Crippen LogP) is 1.02. The van der Waals surface area contributed by atoms with Gasteiger partial charge in [-0.1, -0.05) is 0 Å². The van der Waals surface area contributed by atoms with Gasteiger partial charge in [-0.15, -0.1) is 11.3 Å². The van der Waals surface area contributed by atoms with Crippen molar-refractivity contribution in [2.75, 3.05) is 23.9 Å². The predicted molar refractivity (Wildman–Crippen MR) is 65.7 cm³/mol. The van der Waals surface area contributed by atoms with Crippen LogP contribution in [0, 0.1) is 0 Å². The maximum absolute atomic E-state index is 13.0. The SMILES string of the molecule is NNc1nc(NCC(F)(F)CO)c2ccsc2n1. The fourth-order valence-electron chi connectivity index (χ4n) is 1.32. The van der Waals surface area contributed by atoms with Crippen LogP contribution in [0.2, 0.25) is 0 Å². The Bertz CT molecular complexity index is 547. The molecule has 0 saturated carbocycles. The van der Waals surface area contributed by atoms with Crippen molar-refractivity contribution in [3.8, 4) is 0 Å². The molecule has 9 heteroatoms. The number of halogens is 2. The average Bonchev–Trinajstić information content (AvgIpc) is 2.84. The number of hydrazine groups is 1. The van der Waals surface area contributed by atoms with Crippen LogP contribution in [0.25, 0.3) is 10.2 Å². The number of thiophene rings is 1. The van der Waals surface area contributed by atoms with E-state index in [1.165, 1.54) is 11.3 Å². The summed E-state index contributed by atoms with van der Waals surface area (Å²) in [5.41, 5.74) is 2.27. The van der Waals surface area contributed by atoms with Crippen LogP contribution in [-0.4, -0.2) is 34.1 Å². The van der Waals surface area contributed by atoms with E-state index in [9.17, 15) is 8.78 Å². The third kappa shape index (κ3) is 2.63. The molecule has 2 aromatic heterocycles. The van der Waals surface area contributed by atoms with Crippen LogP contribution in [0.4, 0.5) is 20.5 Å². The number of aromatic nitrogens is 2. The highest BCUT2D eigenvalue weighted by Gasteiger charge is 2.27. The first kappa shape index (κ1) is 12.9. The Morgan fingerprint density at radius 3 is 2.89 bits per heavy atom. The Morgan fingerprint density at radius 1 is 1.44 bits per heavy atom. The quantitative estimate of drug-likeness (QED) is 0.480. The van der Waals surface area contributed by atoms with Gasteiger partial charge in [0.2, 0.25) is 5.95 Å². The second-order valence-corrected chi connectivity index (χ2v) is 4.44. The lowest BCUT2D eigenvalue weighted by Gasteiger charge is -2.15. The maximum Gasteiger partial charge on any atom is 0.287 e. The summed E-state index contributed by atoms with van der Waals surface area (Å²) in [4.78, 5) is 8.67. The lowest BCUT2D eigenvalue weighted by molar-refractivity contribution is -0.0373. The van der Waals surface area contributed by atoms with Gasteiger partial charge in [0.15, 0.2) is 0 Å². The fourth-order valence-corrected chi connectivity index (χ4v) is 2.09. The van der Waals surface area contributed by atoms with Gasteiger partial charge in [-0.2, -0.15) is 4.98 Å². The molecule has 0 spiro atoms. The van der Waals surface area contributed by atoms with Crippen molar-refractivity contribution in [2.45, 2.75) is 5.92 Å². The molecule has 0 saturated heterocycles. The van der Waals surface area contributed by atoms with Gasteiger partial charge in [0, 0.05) is 0 Å². The highest BCUT2D eigenvalue weighted by Crippen LogP contribution is 2.27. The number of nitrogens with zero attached hydrogens (tertiary/aromatic N) is 2. The normalized spacial score (nSPS) is 11.8. The van der Waals surface area contributed by atoms with Crippen molar-refractivity contribution in [1.82, 2.24) is 9.97 Å². The lowest BCUT2D eigenvalue weighted by Crippen LogP contribution is -2.31. The second-order valence-electron chi connectivity index (χ2n) is 3.55. The van der Waals surface area contributed by atoms with E-state index in [0.29, 0.717) is 10.2 Å². The highest BCUT2D eigenvalue weighted by molar-refractivity contribution is 7.16. The van der Waals surface area contributed by atoms with E-state index < -0.39 is 19.1 Å². The van der Waals surface area contributed by atoms with E-state index in [2.05, 4.69) is 20.7 Å². The minimum atomic E-state index is -3.20. The van der Waals surface area contributed by atoms with Crippen LogP contribution in [-0.2, 0) is 0 Å². The molecule has 0 aromatic carbocycles. The molecule has 0 amide bonds. The minimum absolute atomic E-state index is 0.139. The average molecular weight is 275 g/mol. The Labute approximate surface area is 105 Å². The Morgan fingerprint density at radius 2 is 2.22 bits per heavy atom. The van der Waals surface area contributed by atoms with Crippen LogP contribution < -0.4 is 16.6 Å². The topological polar surface area (TPSA) is 96.1 Å². The zero-order valence-electron chi connectivity index (χ0n) is 9.15. The molecule has 2 aromatic rings. The molecule has 2 heterocycles. The summed E-state index contributed by atoms with van der Waals surface area (Å²) in [5.74, 6) is 2.39. The number of aliphatic hydroxyl groups is 1. The van der Waals surface area contributed by atoms with E-state index in [0.717, 1.165) is 0 Å². The first-order chi connectivity index (χ1) is 8.55. The number of aliphatic hydroxyl groups excluding tert-OH is 1. The van der Waals surface area contributed by atoms with Crippen LogP contribution in [0.15, 0.2) is 11.4 Å². The molecule has 18 heavy (non-hydrogen) atoms. The Balaban J connectivity index is 2.28. The molecule has 2 rings (SSSR count). The molecule has 98 valence electrons. The van der Waals surface area contributed by atoms with Gasteiger partial charge in [0.25, 0.3) is 5.92 Å². The number of anilines is 2. The molecule has 0 unspecified atom stereocenters. The fraction of sp³-hybridized carbons (Fsp3) is 0.333. The Kier molecular flexibility index (Phi) is 3.55. The van der Waals surface area contributed by atoms with Gasteiger partial charge in [0.1, 0.15) is 17.3 Å². The van der Waals surface area contributed by atoms with Crippen LogP contribution >= 0.6 is 11.3 Å². The number of nitrogens with two attached hydrogens (primary N) is 1. The van der Waals surface area contributed by atoms with Gasteiger partial charge < -0.3 is 10.4 Å². The smallest absolute Gasteiger partial charge is 0.287 e. The van der Waals surface area contributed by atoms with Crippen LogP contribution in [0.5, 0.6) is 0 Å². The summed E-state index contributed by atoms with van der Waals surface area (Å²) in [7, 11) is 0. The van der Waals surface area contributed by atoms with Crippen molar-refractivity contribution in [2.24, 2.45) is 5.84 Å². The standard InChI is InChI=1S/C9H11F2N5OS/c10-9(11,4-17)3-13-6-5-1-2-18-7(5)15-8(14-6)16-12/h1-2,17H,3-4,12H2,(H2,13,14,15,16). The van der Waals surface area contributed by atoms with Gasteiger partial charge in [-0.3, -0.25) is 5.43 Å². The van der Waals surface area contributed by atoms with Crippen molar-refractivity contribution in [3.05, 3.63) is 11.4 Å². The van der Waals surface area contributed by atoms with Gasteiger partial charge in [-0.25, -0.2) is 19.6 Å². The summed E-state index contributed by atoms with van der Waals surface area (Å²) < 4.78 is 25.9. The molecule has 0 aliphatic rings. The number of fused-ring (bicyclic) bond motifs is 1. The molecule has 5 N–H and O–H groups in total. The van der Waals surface area contributed by atoms with Crippen molar-refractivity contribution in [1.29, 1.82) is 0 Å². The maximum atomic E-state index is 13.0. The van der Waals surface area contributed by atoms with E-state index >= 15 is 0 Å². The van der Waals surface area contributed by atoms with E-state index in [1.54, 1.807) is 11.4 Å². The first-order valence-electron chi connectivity index (χ1n) is 5.00. The third-order valence-electron chi connectivity index (χ3n) is 2.20. The zero-order valence-corrected chi connectivity index (χ0v) is 9.97. The Hall–Kier alpha value is -1.58. The first-order valence-corrected chi connectivity index (χ1v) is 5.88. The second kappa shape index (κ2) is 4.96. The summed E-state index contributed by atoms with van der Waals surface area (Å²) >= 11 is 1.35. The summed E-state index contributed by atoms with van der Waals surface area (Å²) in [6.45, 7) is -1.94. The number of nitrogen functional groups attached to an aromatic ring is 1. The third-order valence-corrected chi connectivity index (χ3v) is 3.01. The molecular formula is C9H11F2N5OS. The number of hydrogen-bond donors (Lipinski definition) is 4. The molecule has 0 atom stereocenters. The van der Waals surface area contributed by atoms with Crippen molar-refractivity contribution < 1.29 is 13.9 Å². The van der Waals surface area contributed by atoms with Crippen molar-refractivity contribution >= 4 is 33.3 Å². The number of rotatable bonds is 5. The van der Waals surface area contributed by atoms with Gasteiger partial charge in [-0.05, 0) is 11.4 Å². The molecule has 0 aliphatic carbocycles.